The summed E-state index contributed by atoms with van der Waals surface area (Å²) in [5.74, 6) is 0.551. The molecule has 14 heavy (non-hydrogen) atoms. The number of methoxy groups -OCH3 is 1. The SMILES string of the molecule is COC(=O)C1CC(c2ccncc2)C1. The van der Waals surface area contributed by atoms with E-state index in [0.717, 1.165) is 12.8 Å². The third-order valence-electron chi connectivity index (χ3n) is 2.85. The lowest BCUT2D eigenvalue weighted by atomic mass is 9.72. The van der Waals surface area contributed by atoms with Gasteiger partial charge in [0, 0.05) is 12.4 Å². The van der Waals surface area contributed by atoms with Crippen molar-refractivity contribution in [1.29, 1.82) is 0 Å². The lowest BCUT2D eigenvalue weighted by molar-refractivity contribution is -0.148. The molecule has 0 radical (unpaired) electrons. The van der Waals surface area contributed by atoms with Gasteiger partial charge in [-0.05, 0) is 36.5 Å². The van der Waals surface area contributed by atoms with Crippen LogP contribution in [-0.4, -0.2) is 18.1 Å². The molecule has 1 aliphatic rings. The van der Waals surface area contributed by atoms with Gasteiger partial charge in [-0.25, -0.2) is 0 Å². The summed E-state index contributed by atoms with van der Waals surface area (Å²) in [7, 11) is 1.45. The first-order valence-corrected chi connectivity index (χ1v) is 4.79. The zero-order valence-electron chi connectivity index (χ0n) is 8.14. The Kier molecular flexibility index (Phi) is 2.48. The maximum atomic E-state index is 11.1. The van der Waals surface area contributed by atoms with E-state index in [2.05, 4.69) is 9.72 Å². The van der Waals surface area contributed by atoms with Crippen LogP contribution in [0.4, 0.5) is 0 Å². The Bertz CT molecular complexity index is 317. The van der Waals surface area contributed by atoms with Crippen LogP contribution in [0.1, 0.15) is 24.3 Å². The number of carbonyl (C=O) groups is 1. The summed E-state index contributed by atoms with van der Waals surface area (Å²) >= 11 is 0. The molecule has 0 bridgehead atoms. The van der Waals surface area contributed by atoms with Crippen molar-refractivity contribution in [1.82, 2.24) is 4.98 Å². The normalized spacial score (nSPS) is 25.2. The number of hydrogen-bond donors (Lipinski definition) is 0. The van der Waals surface area contributed by atoms with Gasteiger partial charge in [0.05, 0.1) is 13.0 Å². The molecule has 1 fully saturated rings. The molecule has 1 heterocycles. The van der Waals surface area contributed by atoms with Crippen LogP contribution in [0.15, 0.2) is 24.5 Å². The van der Waals surface area contributed by atoms with E-state index in [1.807, 2.05) is 12.1 Å². The van der Waals surface area contributed by atoms with Gasteiger partial charge in [0.1, 0.15) is 0 Å². The van der Waals surface area contributed by atoms with E-state index in [1.165, 1.54) is 12.7 Å². The molecule has 0 aromatic carbocycles. The fourth-order valence-corrected chi connectivity index (χ4v) is 1.88. The van der Waals surface area contributed by atoms with Crippen LogP contribution in [0.5, 0.6) is 0 Å². The zero-order chi connectivity index (χ0) is 9.97. The molecule has 0 N–H and O–H groups in total. The predicted octanol–water partition coefficient (Wildman–Crippen LogP) is 1.75. The summed E-state index contributed by atoms with van der Waals surface area (Å²) in [6.45, 7) is 0. The zero-order valence-corrected chi connectivity index (χ0v) is 8.14. The van der Waals surface area contributed by atoms with Crippen molar-refractivity contribution in [2.75, 3.05) is 7.11 Å². The van der Waals surface area contributed by atoms with Crippen LogP contribution in [0.3, 0.4) is 0 Å². The van der Waals surface area contributed by atoms with Crippen LogP contribution in [0.25, 0.3) is 0 Å². The largest absolute Gasteiger partial charge is 0.469 e. The van der Waals surface area contributed by atoms with Crippen LogP contribution >= 0.6 is 0 Å². The molecule has 74 valence electrons. The summed E-state index contributed by atoms with van der Waals surface area (Å²) in [5, 5.41) is 0. The van der Waals surface area contributed by atoms with Gasteiger partial charge in [-0.3, -0.25) is 9.78 Å². The highest BCUT2D eigenvalue weighted by Crippen LogP contribution is 2.41. The lowest BCUT2D eigenvalue weighted by Crippen LogP contribution is -2.29. The highest BCUT2D eigenvalue weighted by Gasteiger charge is 2.35. The summed E-state index contributed by atoms with van der Waals surface area (Å²) in [6, 6.07) is 4.02. The van der Waals surface area contributed by atoms with Crippen molar-refractivity contribution >= 4 is 5.97 Å². The van der Waals surface area contributed by atoms with Gasteiger partial charge in [-0.1, -0.05) is 0 Å². The Morgan fingerprint density at radius 1 is 1.43 bits per heavy atom. The fourth-order valence-electron chi connectivity index (χ4n) is 1.88. The van der Waals surface area contributed by atoms with Gasteiger partial charge in [0.25, 0.3) is 0 Å². The van der Waals surface area contributed by atoms with E-state index in [0.29, 0.717) is 5.92 Å². The molecule has 0 unspecified atom stereocenters. The quantitative estimate of drug-likeness (QED) is 0.668. The Labute approximate surface area is 83.1 Å². The van der Waals surface area contributed by atoms with Gasteiger partial charge < -0.3 is 4.74 Å². The predicted molar refractivity (Wildman–Crippen MR) is 51.7 cm³/mol. The number of hydrogen-bond acceptors (Lipinski definition) is 3. The van der Waals surface area contributed by atoms with Gasteiger partial charge >= 0.3 is 5.97 Å². The molecule has 1 aromatic heterocycles. The van der Waals surface area contributed by atoms with Gasteiger partial charge in [0.2, 0.25) is 0 Å². The molecule has 3 nitrogen and oxygen atoms in total. The molecule has 1 aliphatic carbocycles. The highest BCUT2D eigenvalue weighted by molar-refractivity contribution is 5.73. The van der Waals surface area contributed by atoms with Crippen molar-refractivity contribution in [3.8, 4) is 0 Å². The van der Waals surface area contributed by atoms with E-state index >= 15 is 0 Å². The van der Waals surface area contributed by atoms with E-state index in [-0.39, 0.29) is 11.9 Å². The number of esters is 1. The maximum Gasteiger partial charge on any atom is 0.308 e. The molecule has 0 saturated heterocycles. The number of ether oxygens (including phenoxy) is 1. The van der Waals surface area contributed by atoms with Gasteiger partial charge in [0.15, 0.2) is 0 Å². The number of aromatic nitrogens is 1. The second kappa shape index (κ2) is 3.78. The topological polar surface area (TPSA) is 39.2 Å². The number of rotatable bonds is 2. The summed E-state index contributed by atoms with van der Waals surface area (Å²) in [6.07, 6.45) is 5.41. The molecule has 0 atom stereocenters. The summed E-state index contributed by atoms with van der Waals surface area (Å²) in [4.78, 5) is 15.1. The van der Waals surface area contributed by atoms with E-state index in [4.69, 9.17) is 0 Å². The van der Waals surface area contributed by atoms with Crippen molar-refractivity contribution < 1.29 is 9.53 Å². The monoisotopic (exact) mass is 191 g/mol. The Hall–Kier alpha value is -1.38. The molecular formula is C11H13NO2. The third kappa shape index (κ3) is 1.62. The van der Waals surface area contributed by atoms with E-state index in [9.17, 15) is 4.79 Å². The van der Waals surface area contributed by atoms with Crippen molar-refractivity contribution in [3.05, 3.63) is 30.1 Å². The van der Waals surface area contributed by atoms with Gasteiger partial charge in [-0.2, -0.15) is 0 Å². The molecule has 3 heteroatoms. The van der Waals surface area contributed by atoms with Crippen molar-refractivity contribution in [3.63, 3.8) is 0 Å². The third-order valence-corrected chi connectivity index (χ3v) is 2.85. The van der Waals surface area contributed by atoms with Crippen LogP contribution in [-0.2, 0) is 9.53 Å². The lowest BCUT2D eigenvalue weighted by Gasteiger charge is -2.33. The highest BCUT2D eigenvalue weighted by atomic mass is 16.5. The van der Waals surface area contributed by atoms with E-state index < -0.39 is 0 Å². The molecule has 0 amide bonds. The van der Waals surface area contributed by atoms with Crippen LogP contribution in [0, 0.1) is 5.92 Å². The summed E-state index contributed by atoms with van der Waals surface area (Å²) < 4.78 is 4.69. The second-order valence-electron chi connectivity index (χ2n) is 3.67. The molecule has 0 aliphatic heterocycles. The van der Waals surface area contributed by atoms with Gasteiger partial charge in [-0.15, -0.1) is 0 Å². The first-order chi connectivity index (χ1) is 6.81. The van der Waals surface area contributed by atoms with E-state index in [1.54, 1.807) is 12.4 Å². The standard InChI is InChI=1S/C11H13NO2/c1-14-11(13)10-6-9(7-10)8-2-4-12-5-3-8/h2-5,9-10H,6-7H2,1H3. The molecule has 1 saturated carbocycles. The Balaban J connectivity index is 1.92. The molecule has 0 spiro atoms. The Morgan fingerprint density at radius 3 is 2.64 bits per heavy atom. The van der Waals surface area contributed by atoms with Crippen LogP contribution in [0.2, 0.25) is 0 Å². The maximum absolute atomic E-state index is 11.1. The molecular weight excluding hydrogens is 178 g/mol. The molecule has 2 rings (SSSR count). The second-order valence-corrected chi connectivity index (χ2v) is 3.67. The Morgan fingerprint density at radius 2 is 2.07 bits per heavy atom. The first kappa shape index (κ1) is 9.19. The fraction of sp³-hybridized carbons (Fsp3) is 0.455. The number of pyridine rings is 1. The average molecular weight is 191 g/mol. The first-order valence-electron chi connectivity index (χ1n) is 4.79. The van der Waals surface area contributed by atoms with Crippen LogP contribution < -0.4 is 0 Å². The number of nitrogens with zero attached hydrogens (tertiary/aromatic N) is 1. The number of carbonyl (C=O) groups excluding carboxylic acids is 1. The average Bonchev–Trinajstić information content (AvgIpc) is 2.17. The summed E-state index contributed by atoms with van der Waals surface area (Å²) in [5.41, 5.74) is 1.28. The minimum absolute atomic E-state index is 0.0738. The molecule has 1 aromatic rings. The van der Waals surface area contributed by atoms with Crippen molar-refractivity contribution in [2.45, 2.75) is 18.8 Å². The minimum atomic E-state index is -0.0738. The smallest absolute Gasteiger partial charge is 0.308 e. The van der Waals surface area contributed by atoms with Crippen molar-refractivity contribution in [2.24, 2.45) is 5.92 Å². The minimum Gasteiger partial charge on any atom is -0.469 e.